The van der Waals surface area contributed by atoms with Gasteiger partial charge in [-0.3, -0.25) is 4.79 Å². The van der Waals surface area contributed by atoms with Crippen molar-refractivity contribution in [2.75, 3.05) is 6.54 Å². The number of carbonyl (C=O) groups excluding carboxylic acids is 2. The van der Waals surface area contributed by atoms with Crippen molar-refractivity contribution in [1.29, 1.82) is 0 Å². The van der Waals surface area contributed by atoms with Gasteiger partial charge >= 0.3 is 6.03 Å². The Morgan fingerprint density at radius 1 is 1.70 bits per heavy atom. The summed E-state index contributed by atoms with van der Waals surface area (Å²) in [6.45, 7) is 3.73. The van der Waals surface area contributed by atoms with E-state index in [1.165, 1.54) is 11.0 Å². The van der Waals surface area contributed by atoms with E-state index >= 15 is 0 Å². The lowest BCUT2D eigenvalue weighted by Crippen LogP contribution is -2.23. The van der Waals surface area contributed by atoms with E-state index in [0.29, 0.717) is 6.54 Å². The van der Waals surface area contributed by atoms with Gasteiger partial charge in [-0.2, -0.15) is 0 Å². The molecule has 0 saturated carbocycles. The van der Waals surface area contributed by atoms with E-state index in [-0.39, 0.29) is 11.8 Å². The van der Waals surface area contributed by atoms with Crippen LogP contribution in [0.5, 0.6) is 0 Å². The van der Waals surface area contributed by atoms with Gasteiger partial charge in [0.25, 0.3) is 0 Å². The van der Waals surface area contributed by atoms with Crippen LogP contribution in [0.2, 0.25) is 0 Å². The van der Waals surface area contributed by atoms with Gasteiger partial charge in [0.05, 0.1) is 6.54 Å². The minimum Gasteiger partial charge on any atom is -0.351 e. The molecule has 0 bridgehead atoms. The fourth-order valence-corrected chi connectivity index (χ4v) is 0.762. The molecule has 0 spiro atoms. The zero-order chi connectivity index (χ0) is 7.72. The van der Waals surface area contributed by atoms with E-state index in [4.69, 9.17) is 5.73 Å². The summed E-state index contributed by atoms with van der Waals surface area (Å²) in [5.74, 6) is -0.140. The van der Waals surface area contributed by atoms with Gasteiger partial charge in [0.2, 0.25) is 0 Å². The van der Waals surface area contributed by atoms with Crippen LogP contribution in [-0.4, -0.2) is 29.3 Å². The Morgan fingerprint density at radius 2 is 2.30 bits per heavy atom. The van der Waals surface area contributed by atoms with E-state index in [0.717, 1.165) is 0 Å². The lowest BCUT2D eigenvalue weighted by atomic mass is 10.3. The zero-order valence-corrected chi connectivity index (χ0v) is 5.41. The molecule has 4 heteroatoms. The van der Waals surface area contributed by atoms with Crippen LogP contribution in [0, 0.1) is 0 Å². The first-order chi connectivity index (χ1) is 4.66. The molecule has 1 rings (SSSR count). The molecule has 0 aromatic rings. The highest BCUT2D eigenvalue weighted by Crippen LogP contribution is 2.17. The summed E-state index contributed by atoms with van der Waals surface area (Å²) in [5.41, 5.74) is 4.88. The highest BCUT2D eigenvalue weighted by Gasteiger charge is 2.41. The first kappa shape index (κ1) is 6.80. The summed E-state index contributed by atoms with van der Waals surface area (Å²) in [6, 6.07) is -0.866. The topological polar surface area (TPSA) is 63.2 Å². The van der Waals surface area contributed by atoms with Gasteiger partial charge in [0, 0.05) is 0 Å². The van der Waals surface area contributed by atoms with Gasteiger partial charge in [-0.1, -0.05) is 6.58 Å². The van der Waals surface area contributed by atoms with Gasteiger partial charge in [-0.15, -0.1) is 0 Å². The highest BCUT2D eigenvalue weighted by atomic mass is 16.2. The Labute approximate surface area is 58.3 Å². The maximum atomic E-state index is 10.7. The Morgan fingerprint density at radius 3 is 2.60 bits per heavy atom. The summed E-state index contributed by atoms with van der Waals surface area (Å²) < 4.78 is 0. The molecule has 0 radical (unpaired) electrons. The van der Waals surface area contributed by atoms with E-state index < -0.39 is 6.03 Å². The Bertz CT molecular complexity index is 200. The molecule has 0 aliphatic carbocycles. The average molecular weight is 140 g/mol. The number of nitrogens with two attached hydrogens (primary N) is 1. The lowest BCUT2D eigenvalue weighted by molar-refractivity contribution is -0.114. The summed E-state index contributed by atoms with van der Waals surface area (Å²) in [5, 5.41) is 0. The number of ketones is 1. The third kappa shape index (κ3) is 1.00. The molecule has 1 heterocycles. The molecule has 2 amide bonds. The largest absolute Gasteiger partial charge is 0.351 e. The minimum atomic E-state index is -0.541. The monoisotopic (exact) mass is 140 g/mol. The van der Waals surface area contributed by atoms with Crippen LogP contribution in [0.4, 0.5) is 4.79 Å². The SMILES string of the molecule is C=CC(=O)C1CN1C(N)=O. The Balaban J connectivity index is 2.46. The molecular formula is C6H8N2O2. The fourth-order valence-electron chi connectivity index (χ4n) is 0.762. The van der Waals surface area contributed by atoms with Gasteiger partial charge in [-0.25, -0.2) is 4.79 Å². The molecule has 1 fully saturated rings. The summed E-state index contributed by atoms with van der Waals surface area (Å²) in [7, 11) is 0. The second-order valence-corrected chi connectivity index (χ2v) is 2.11. The maximum Gasteiger partial charge on any atom is 0.315 e. The molecule has 1 atom stereocenters. The molecule has 1 aliphatic heterocycles. The molecule has 4 nitrogen and oxygen atoms in total. The molecule has 0 aromatic heterocycles. The quantitative estimate of drug-likeness (QED) is 0.415. The fraction of sp³-hybridized carbons (Fsp3) is 0.333. The van der Waals surface area contributed by atoms with Gasteiger partial charge < -0.3 is 10.6 Å². The second kappa shape index (κ2) is 2.13. The first-order valence-electron chi connectivity index (χ1n) is 2.89. The number of amides is 2. The molecule has 1 saturated heterocycles. The van der Waals surface area contributed by atoms with Crippen molar-refractivity contribution >= 4 is 11.8 Å². The first-order valence-corrected chi connectivity index (χ1v) is 2.89. The number of carbonyl (C=O) groups is 2. The number of rotatable bonds is 2. The van der Waals surface area contributed by atoms with E-state index in [2.05, 4.69) is 6.58 Å². The second-order valence-electron chi connectivity index (χ2n) is 2.11. The molecule has 1 unspecified atom stereocenters. The van der Waals surface area contributed by atoms with Crippen molar-refractivity contribution in [2.24, 2.45) is 5.73 Å². The van der Waals surface area contributed by atoms with Crippen LogP contribution in [0.25, 0.3) is 0 Å². The van der Waals surface area contributed by atoms with Crippen LogP contribution in [-0.2, 0) is 4.79 Å². The van der Waals surface area contributed by atoms with Crippen molar-refractivity contribution in [3.63, 3.8) is 0 Å². The van der Waals surface area contributed by atoms with E-state index in [1.54, 1.807) is 0 Å². The summed E-state index contributed by atoms with van der Waals surface area (Å²) >= 11 is 0. The third-order valence-corrected chi connectivity index (χ3v) is 1.42. The van der Waals surface area contributed by atoms with E-state index in [9.17, 15) is 9.59 Å². The molecule has 10 heavy (non-hydrogen) atoms. The van der Waals surface area contributed by atoms with Crippen LogP contribution in [0.1, 0.15) is 0 Å². The molecular weight excluding hydrogens is 132 g/mol. The molecule has 0 aromatic carbocycles. The van der Waals surface area contributed by atoms with Crippen LogP contribution in [0.3, 0.4) is 0 Å². The lowest BCUT2D eigenvalue weighted by Gasteiger charge is -1.93. The maximum absolute atomic E-state index is 10.7. The van der Waals surface area contributed by atoms with E-state index in [1.807, 2.05) is 0 Å². The van der Waals surface area contributed by atoms with Gasteiger partial charge in [0.1, 0.15) is 6.04 Å². The predicted molar refractivity (Wildman–Crippen MR) is 35.3 cm³/mol. The normalized spacial score (nSPS) is 22.0. The standard InChI is InChI=1S/C6H8N2O2/c1-2-5(9)4-3-8(4)6(7)10/h2,4H,1,3H2,(H2,7,10). The summed E-state index contributed by atoms with van der Waals surface area (Å²) in [6.07, 6.45) is 1.20. The summed E-state index contributed by atoms with van der Waals surface area (Å²) in [4.78, 5) is 22.4. The van der Waals surface area contributed by atoms with Crippen molar-refractivity contribution in [1.82, 2.24) is 4.90 Å². The van der Waals surface area contributed by atoms with Crippen LogP contribution in [0.15, 0.2) is 12.7 Å². The van der Waals surface area contributed by atoms with Gasteiger partial charge in [0.15, 0.2) is 5.78 Å². The molecule has 2 N–H and O–H groups in total. The number of hydrogen-bond acceptors (Lipinski definition) is 2. The molecule has 1 aliphatic rings. The Hall–Kier alpha value is -1.32. The van der Waals surface area contributed by atoms with Crippen molar-refractivity contribution in [2.45, 2.75) is 6.04 Å². The van der Waals surface area contributed by atoms with Crippen molar-refractivity contribution < 1.29 is 9.59 Å². The van der Waals surface area contributed by atoms with Crippen molar-refractivity contribution in [3.05, 3.63) is 12.7 Å². The zero-order valence-electron chi connectivity index (χ0n) is 5.41. The average Bonchev–Trinajstić information content (AvgIpc) is 2.64. The highest BCUT2D eigenvalue weighted by molar-refractivity contribution is 5.99. The molecule has 54 valence electrons. The van der Waals surface area contributed by atoms with Crippen LogP contribution < -0.4 is 5.73 Å². The third-order valence-electron chi connectivity index (χ3n) is 1.42. The number of primary amides is 1. The van der Waals surface area contributed by atoms with Crippen molar-refractivity contribution in [3.8, 4) is 0 Å². The smallest absolute Gasteiger partial charge is 0.315 e. The Kier molecular flexibility index (Phi) is 1.45. The number of hydrogen-bond donors (Lipinski definition) is 1. The van der Waals surface area contributed by atoms with Gasteiger partial charge in [-0.05, 0) is 6.08 Å². The van der Waals surface area contributed by atoms with Crippen LogP contribution >= 0.6 is 0 Å². The predicted octanol–water partition coefficient (Wildman–Crippen LogP) is -0.496. The number of urea groups is 1. The minimum absolute atomic E-state index is 0.140. The number of nitrogens with zero attached hydrogens (tertiary/aromatic N) is 1.